The summed E-state index contributed by atoms with van der Waals surface area (Å²) in [6.45, 7) is 0. The highest BCUT2D eigenvalue weighted by atomic mass is 15.1. The average Bonchev–Trinajstić information content (AvgIpc) is 3.91. The molecule has 0 spiro atoms. The molecule has 0 aliphatic rings. The van der Waals surface area contributed by atoms with Gasteiger partial charge in [0.25, 0.3) is 0 Å². The monoisotopic (exact) mass is 844 g/mol. The smallest absolute Gasteiger partial charge is 0.0541 e. The number of benzene rings is 10. The summed E-state index contributed by atoms with van der Waals surface area (Å²) in [6, 6.07) is 91.3. The first-order valence-electron chi connectivity index (χ1n) is 22.5. The van der Waals surface area contributed by atoms with Gasteiger partial charge in [0.15, 0.2) is 0 Å². The van der Waals surface area contributed by atoms with E-state index in [9.17, 15) is 0 Å². The van der Waals surface area contributed by atoms with Crippen molar-refractivity contribution in [2.75, 3.05) is 10.2 Å². The second-order valence-electron chi connectivity index (χ2n) is 16.7. The van der Waals surface area contributed by atoms with Crippen molar-refractivity contribution in [3.63, 3.8) is 0 Å². The van der Waals surface area contributed by atoms with E-state index >= 15 is 0 Å². The minimum absolute atomic E-state index is 1.05. The number of hydrogen-bond acceptors (Lipinski definition) is 2. The molecule has 0 saturated heterocycles. The summed E-state index contributed by atoms with van der Waals surface area (Å²) in [7, 11) is 0. The Balaban J connectivity index is 0.923. The molecule has 66 heavy (non-hydrogen) atoms. The van der Waals surface area contributed by atoms with Crippen LogP contribution in [-0.4, -0.2) is 9.13 Å². The number of rotatable bonds is 10. The molecule has 0 atom stereocenters. The van der Waals surface area contributed by atoms with E-state index in [4.69, 9.17) is 0 Å². The van der Waals surface area contributed by atoms with Crippen LogP contribution in [0.4, 0.5) is 28.4 Å². The zero-order chi connectivity index (χ0) is 43.8. The fourth-order valence-corrected chi connectivity index (χ4v) is 9.61. The molecule has 2 aromatic heterocycles. The molecule has 0 radical (unpaired) electrons. The Morgan fingerprint density at radius 2 is 0.667 bits per heavy atom. The SMILES string of the molecule is C(=C(\c1ccc(N(c2ccccc2)c2ccc(-n3c4ccccc4c4ccccc43)cc2)cc1)c1ccc(-n2c3ccccc3c3ccccc32)cc1)/c1ccc(Nc2ccccc2)cc1. The van der Waals surface area contributed by atoms with E-state index < -0.39 is 0 Å². The molecule has 312 valence electrons. The van der Waals surface area contributed by atoms with E-state index in [1.54, 1.807) is 0 Å². The molecule has 12 rings (SSSR count). The van der Waals surface area contributed by atoms with Crippen LogP contribution in [0.5, 0.6) is 0 Å². The molecule has 0 amide bonds. The lowest BCUT2D eigenvalue weighted by Gasteiger charge is -2.26. The van der Waals surface area contributed by atoms with Crippen LogP contribution in [0.1, 0.15) is 16.7 Å². The van der Waals surface area contributed by atoms with Gasteiger partial charge in [-0.3, -0.25) is 0 Å². The summed E-state index contributed by atoms with van der Waals surface area (Å²) in [5, 5.41) is 8.56. The summed E-state index contributed by atoms with van der Waals surface area (Å²) >= 11 is 0. The Morgan fingerprint density at radius 3 is 1.14 bits per heavy atom. The van der Waals surface area contributed by atoms with Gasteiger partial charge in [-0.05, 0) is 138 Å². The number of fused-ring (bicyclic) bond motifs is 6. The highest BCUT2D eigenvalue weighted by molar-refractivity contribution is 6.10. The highest BCUT2D eigenvalue weighted by Gasteiger charge is 2.17. The molecule has 12 aromatic rings. The second kappa shape index (κ2) is 16.7. The van der Waals surface area contributed by atoms with Crippen LogP contribution in [0.2, 0.25) is 0 Å². The molecule has 0 saturated carbocycles. The fourth-order valence-electron chi connectivity index (χ4n) is 9.61. The Morgan fingerprint density at radius 1 is 0.318 bits per heavy atom. The molecular weight excluding hydrogens is 801 g/mol. The van der Waals surface area contributed by atoms with Gasteiger partial charge in [-0.1, -0.05) is 146 Å². The zero-order valence-corrected chi connectivity index (χ0v) is 36.2. The minimum atomic E-state index is 1.05. The van der Waals surface area contributed by atoms with Crippen LogP contribution >= 0.6 is 0 Å². The van der Waals surface area contributed by atoms with E-state index in [1.165, 1.54) is 43.6 Å². The topological polar surface area (TPSA) is 25.1 Å². The average molecular weight is 845 g/mol. The number of nitrogens with zero attached hydrogens (tertiary/aromatic N) is 3. The van der Waals surface area contributed by atoms with E-state index in [0.29, 0.717) is 0 Å². The molecular formula is C62H44N4. The van der Waals surface area contributed by atoms with Crippen molar-refractivity contribution in [1.29, 1.82) is 0 Å². The Hall–Kier alpha value is -8.86. The van der Waals surface area contributed by atoms with E-state index in [1.807, 2.05) is 18.2 Å². The van der Waals surface area contributed by atoms with Gasteiger partial charge in [-0.15, -0.1) is 0 Å². The van der Waals surface area contributed by atoms with E-state index in [0.717, 1.165) is 62.1 Å². The summed E-state index contributed by atoms with van der Waals surface area (Å²) < 4.78 is 4.74. The van der Waals surface area contributed by atoms with Crippen molar-refractivity contribution in [3.8, 4) is 11.4 Å². The van der Waals surface area contributed by atoms with Crippen LogP contribution in [0.15, 0.2) is 255 Å². The first-order chi connectivity index (χ1) is 32.7. The molecule has 1 N–H and O–H groups in total. The molecule has 4 heteroatoms. The third-order valence-electron chi connectivity index (χ3n) is 12.7. The third kappa shape index (κ3) is 7.08. The van der Waals surface area contributed by atoms with Crippen molar-refractivity contribution in [1.82, 2.24) is 9.13 Å². The molecule has 0 aliphatic heterocycles. The van der Waals surface area contributed by atoms with Crippen molar-refractivity contribution < 1.29 is 0 Å². The Bertz CT molecular complexity index is 3570. The highest BCUT2D eigenvalue weighted by Crippen LogP contribution is 2.39. The van der Waals surface area contributed by atoms with Gasteiger partial charge < -0.3 is 19.4 Å². The molecule has 0 unspecified atom stereocenters. The molecule has 0 bridgehead atoms. The van der Waals surface area contributed by atoms with Crippen LogP contribution in [0.3, 0.4) is 0 Å². The molecule has 4 nitrogen and oxygen atoms in total. The number of aromatic nitrogens is 2. The fraction of sp³-hybridized carbons (Fsp3) is 0. The minimum Gasteiger partial charge on any atom is -0.356 e. The van der Waals surface area contributed by atoms with E-state index in [-0.39, 0.29) is 0 Å². The standard InChI is InChI=1S/C62H44N4/c1-3-15-47(16-4-1)63-48-33-27-44(28-34-48)43-58(46-31-37-52(38-32-46)65-59-23-11-7-19-54(59)55-20-8-12-24-60(55)65)45-29-35-50(36-30-45)64(49-17-5-2-6-18-49)51-39-41-53(42-40-51)66-61-25-13-9-21-56(61)57-22-10-14-26-62(57)66/h1-43,63H/b58-43-. The van der Waals surface area contributed by atoms with Gasteiger partial charge >= 0.3 is 0 Å². The van der Waals surface area contributed by atoms with Crippen LogP contribution < -0.4 is 10.2 Å². The van der Waals surface area contributed by atoms with Crippen LogP contribution in [-0.2, 0) is 0 Å². The van der Waals surface area contributed by atoms with Crippen LogP contribution in [0.25, 0.3) is 66.6 Å². The molecule has 10 aromatic carbocycles. The molecule has 0 aliphatic carbocycles. The second-order valence-corrected chi connectivity index (χ2v) is 16.7. The quantitative estimate of drug-likeness (QED) is 0.139. The van der Waals surface area contributed by atoms with Gasteiger partial charge in [0, 0.05) is 61.4 Å². The maximum Gasteiger partial charge on any atom is 0.0541 e. The van der Waals surface area contributed by atoms with Gasteiger partial charge in [-0.2, -0.15) is 0 Å². The number of anilines is 5. The van der Waals surface area contributed by atoms with Crippen molar-refractivity contribution in [2.24, 2.45) is 0 Å². The Kier molecular flexibility index (Phi) is 9.81. The van der Waals surface area contributed by atoms with Gasteiger partial charge in [0.1, 0.15) is 0 Å². The maximum atomic E-state index is 3.53. The molecule has 0 fully saturated rings. The number of nitrogens with one attached hydrogen (secondary N) is 1. The first kappa shape index (κ1) is 38.8. The lowest BCUT2D eigenvalue weighted by Crippen LogP contribution is -2.10. The number of para-hydroxylation sites is 6. The Labute approximate surface area is 384 Å². The van der Waals surface area contributed by atoms with Crippen molar-refractivity contribution in [2.45, 2.75) is 0 Å². The third-order valence-corrected chi connectivity index (χ3v) is 12.7. The number of hydrogen-bond donors (Lipinski definition) is 1. The molecule has 2 heterocycles. The summed E-state index contributed by atoms with van der Waals surface area (Å²) in [4.78, 5) is 2.34. The summed E-state index contributed by atoms with van der Waals surface area (Å²) in [5.41, 5.74) is 16.9. The summed E-state index contributed by atoms with van der Waals surface area (Å²) in [6.07, 6.45) is 2.30. The van der Waals surface area contributed by atoms with Crippen LogP contribution in [0, 0.1) is 0 Å². The predicted octanol–water partition coefficient (Wildman–Crippen LogP) is 16.7. The normalized spacial score (nSPS) is 11.7. The zero-order valence-electron chi connectivity index (χ0n) is 36.2. The predicted molar refractivity (Wildman–Crippen MR) is 279 cm³/mol. The largest absolute Gasteiger partial charge is 0.356 e. The van der Waals surface area contributed by atoms with Gasteiger partial charge in [0.2, 0.25) is 0 Å². The van der Waals surface area contributed by atoms with Gasteiger partial charge in [-0.25, -0.2) is 0 Å². The van der Waals surface area contributed by atoms with E-state index in [2.05, 4.69) is 262 Å². The summed E-state index contributed by atoms with van der Waals surface area (Å²) in [5.74, 6) is 0. The van der Waals surface area contributed by atoms with Crippen molar-refractivity contribution >= 4 is 83.7 Å². The maximum absolute atomic E-state index is 3.53. The van der Waals surface area contributed by atoms with Crippen molar-refractivity contribution in [3.05, 3.63) is 271 Å². The van der Waals surface area contributed by atoms with Gasteiger partial charge in [0.05, 0.1) is 22.1 Å². The lowest BCUT2D eigenvalue weighted by molar-refractivity contribution is 1.17. The first-order valence-corrected chi connectivity index (χ1v) is 22.5. The lowest BCUT2D eigenvalue weighted by atomic mass is 9.95.